The lowest BCUT2D eigenvalue weighted by molar-refractivity contribution is -0.140. The summed E-state index contributed by atoms with van der Waals surface area (Å²) in [5.41, 5.74) is 3.52. The molecule has 0 amide bonds. The maximum absolute atomic E-state index is 13.1. The number of carbonyl (C=O) groups excluding carboxylic acids is 2. The van der Waals surface area contributed by atoms with E-state index in [2.05, 4.69) is 5.32 Å². The van der Waals surface area contributed by atoms with Gasteiger partial charge in [0.25, 0.3) is 0 Å². The number of allylic oxidation sites excluding steroid dienone is 3. The number of para-hydroxylation sites is 1. The van der Waals surface area contributed by atoms with Gasteiger partial charge in [-0.3, -0.25) is 4.79 Å². The average Bonchev–Trinajstić information content (AvgIpc) is 2.79. The molecule has 1 atom stereocenters. The van der Waals surface area contributed by atoms with Gasteiger partial charge in [-0.2, -0.15) is 0 Å². The lowest BCUT2D eigenvalue weighted by atomic mass is 9.75. The van der Waals surface area contributed by atoms with Crippen molar-refractivity contribution >= 4 is 11.8 Å². The minimum absolute atomic E-state index is 0.0628. The van der Waals surface area contributed by atoms with Crippen molar-refractivity contribution in [2.75, 3.05) is 20.3 Å². The molecule has 1 aliphatic carbocycles. The van der Waals surface area contributed by atoms with Gasteiger partial charge in [-0.25, -0.2) is 4.79 Å². The predicted octanol–water partition coefficient (Wildman–Crippen LogP) is 4.64. The minimum atomic E-state index is -0.506. The fraction of sp³-hybridized carbons (Fsp3) is 0.308. The van der Waals surface area contributed by atoms with Crippen molar-refractivity contribution in [3.63, 3.8) is 0 Å². The molecule has 1 aliphatic heterocycles. The summed E-state index contributed by atoms with van der Waals surface area (Å²) in [7, 11) is 1.55. The van der Waals surface area contributed by atoms with Crippen LogP contribution in [0, 0.1) is 0 Å². The van der Waals surface area contributed by atoms with Gasteiger partial charge >= 0.3 is 5.97 Å². The van der Waals surface area contributed by atoms with E-state index >= 15 is 0 Å². The van der Waals surface area contributed by atoms with Crippen LogP contribution in [0.15, 0.2) is 77.1 Å². The van der Waals surface area contributed by atoms with Gasteiger partial charge in [0, 0.05) is 36.4 Å². The second kappa shape index (κ2) is 9.83. The molecule has 0 saturated heterocycles. The van der Waals surface area contributed by atoms with Crippen LogP contribution in [0.25, 0.3) is 0 Å². The first-order valence-corrected chi connectivity index (χ1v) is 10.8. The molecular weight excluding hydrogens is 406 g/mol. The second-order valence-electron chi connectivity index (χ2n) is 7.88. The van der Waals surface area contributed by atoms with Crippen molar-refractivity contribution in [2.24, 2.45) is 0 Å². The number of Topliss-reactive ketones (excluding diaryl/α,β-unsaturated/α-hetero) is 1. The number of methoxy groups -OCH3 is 1. The summed E-state index contributed by atoms with van der Waals surface area (Å²) >= 11 is 0. The smallest absolute Gasteiger partial charge is 0.336 e. The van der Waals surface area contributed by atoms with Crippen molar-refractivity contribution in [3.8, 4) is 11.5 Å². The first kappa shape index (κ1) is 21.8. The molecule has 2 aromatic rings. The molecule has 32 heavy (non-hydrogen) atoms. The normalized spacial score (nSPS) is 18.2. The van der Waals surface area contributed by atoms with Crippen LogP contribution in [-0.4, -0.2) is 32.1 Å². The molecule has 0 bridgehead atoms. The van der Waals surface area contributed by atoms with Crippen LogP contribution < -0.4 is 10.1 Å². The third-order valence-electron chi connectivity index (χ3n) is 5.69. The number of benzene rings is 2. The van der Waals surface area contributed by atoms with Gasteiger partial charge in [-0.15, -0.1) is 0 Å². The number of nitrogens with one attached hydrogen (secondary N) is 1. The van der Waals surface area contributed by atoms with E-state index in [1.165, 1.54) is 0 Å². The van der Waals surface area contributed by atoms with Crippen molar-refractivity contribution in [2.45, 2.75) is 32.1 Å². The lowest BCUT2D eigenvalue weighted by Gasteiger charge is -2.34. The van der Waals surface area contributed by atoms with E-state index in [-0.39, 0.29) is 12.4 Å². The largest absolute Gasteiger partial charge is 0.460 e. The number of dihydropyridines is 1. The Bertz CT molecular complexity index is 1070. The summed E-state index contributed by atoms with van der Waals surface area (Å²) in [5.74, 6) is 0.467. The molecule has 6 nitrogen and oxygen atoms in total. The highest BCUT2D eigenvalue weighted by atomic mass is 16.6. The fourth-order valence-corrected chi connectivity index (χ4v) is 4.26. The zero-order valence-electron chi connectivity index (χ0n) is 18.4. The number of hydrogen-bond acceptors (Lipinski definition) is 6. The Kier molecular flexibility index (Phi) is 6.71. The molecule has 0 fully saturated rings. The van der Waals surface area contributed by atoms with Crippen LogP contribution in [0.1, 0.15) is 37.7 Å². The van der Waals surface area contributed by atoms with Gasteiger partial charge in [0.2, 0.25) is 0 Å². The average molecular weight is 434 g/mol. The molecule has 2 aliphatic rings. The van der Waals surface area contributed by atoms with E-state index in [4.69, 9.17) is 14.2 Å². The standard InChI is InChI=1S/C26H27NO5/c1-17-23(26(29)31-15-14-30-2)24(25-21(27-17)12-7-13-22(25)28)18-8-6-11-20(16-18)32-19-9-4-3-5-10-19/h3-6,8-11,16,24,27H,7,12-15H2,1-2H3. The Morgan fingerprint density at radius 3 is 2.59 bits per heavy atom. The third-order valence-corrected chi connectivity index (χ3v) is 5.69. The SMILES string of the molecule is COCCOC(=O)C1=C(C)NC2=C(C(=O)CCC2)C1c1cccc(Oc2ccccc2)c1. The highest BCUT2D eigenvalue weighted by Gasteiger charge is 2.39. The van der Waals surface area contributed by atoms with E-state index in [1.54, 1.807) is 7.11 Å². The van der Waals surface area contributed by atoms with E-state index in [0.29, 0.717) is 35.6 Å². The Morgan fingerprint density at radius 1 is 1.03 bits per heavy atom. The molecule has 1 unspecified atom stereocenters. The van der Waals surface area contributed by atoms with E-state index in [1.807, 2.05) is 61.5 Å². The highest BCUT2D eigenvalue weighted by Crippen LogP contribution is 2.43. The van der Waals surface area contributed by atoms with Crippen LogP contribution in [0.4, 0.5) is 0 Å². The van der Waals surface area contributed by atoms with Gasteiger partial charge in [0.05, 0.1) is 12.2 Å². The maximum Gasteiger partial charge on any atom is 0.336 e. The van der Waals surface area contributed by atoms with Crippen LogP contribution in [-0.2, 0) is 19.1 Å². The number of carbonyl (C=O) groups is 2. The first-order valence-electron chi connectivity index (χ1n) is 10.8. The van der Waals surface area contributed by atoms with Crippen molar-refractivity contribution in [3.05, 3.63) is 82.7 Å². The van der Waals surface area contributed by atoms with E-state index in [0.717, 1.165) is 29.9 Å². The summed E-state index contributed by atoms with van der Waals surface area (Å²) < 4.78 is 16.5. The minimum Gasteiger partial charge on any atom is -0.460 e. The highest BCUT2D eigenvalue weighted by molar-refractivity contribution is 6.03. The summed E-state index contributed by atoms with van der Waals surface area (Å²) in [6.45, 7) is 2.31. The van der Waals surface area contributed by atoms with Gasteiger partial charge in [0.15, 0.2) is 5.78 Å². The third kappa shape index (κ3) is 4.60. The second-order valence-corrected chi connectivity index (χ2v) is 7.88. The molecule has 1 heterocycles. The molecule has 4 rings (SSSR count). The van der Waals surface area contributed by atoms with Crippen LogP contribution in [0.3, 0.4) is 0 Å². The molecule has 2 aromatic carbocycles. The molecule has 0 saturated carbocycles. The van der Waals surface area contributed by atoms with Crippen LogP contribution in [0.2, 0.25) is 0 Å². The Hall–Kier alpha value is -3.38. The monoisotopic (exact) mass is 433 g/mol. The zero-order valence-corrected chi connectivity index (χ0v) is 18.4. The molecule has 0 aromatic heterocycles. The maximum atomic E-state index is 13.1. The molecule has 1 N–H and O–H groups in total. The van der Waals surface area contributed by atoms with Crippen LogP contribution >= 0.6 is 0 Å². The van der Waals surface area contributed by atoms with Crippen molar-refractivity contribution in [1.29, 1.82) is 0 Å². The van der Waals surface area contributed by atoms with Gasteiger partial charge in [-0.05, 0) is 49.6 Å². The van der Waals surface area contributed by atoms with E-state index in [9.17, 15) is 9.59 Å². The zero-order chi connectivity index (χ0) is 22.5. The molecule has 166 valence electrons. The van der Waals surface area contributed by atoms with Crippen molar-refractivity contribution in [1.82, 2.24) is 5.32 Å². The quantitative estimate of drug-likeness (QED) is 0.507. The molecule has 0 radical (unpaired) electrons. The Labute approximate surface area is 187 Å². The van der Waals surface area contributed by atoms with E-state index < -0.39 is 11.9 Å². The number of esters is 1. The number of hydrogen-bond donors (Lipinski definition) is 1. The number of ether oxygens (including phenoxy) is 3. The molecule has 0 spiro atoms. The summed E-state index contributed by atoms with van der Waals surface area (Å²) in [5, 5.41) is 3.30. The Balaban J connectivity index is 1.73. The summed E-state index contributed by atoms with van der Waals surface area (Å²) in [4.78, 5) is 26.1. The fourth-order valence-electron chi connectivity index (χ4n) is 4.26. The summed E-state index contributed by atoms with van der Waals surface area (Å²) in [6.07, 6.45) is 2.05. The number of rotatable bonds is 7. The van der Waals surface area contributed by atoms with Crippen LogP contribution in [0.5, 0.6) is 11.5 Å². The first-order chi connectivity index (χ1) is 15.6. The predicted molar refractivity (Wildman–Crippen MR) is 120 cm³/mol. The van der Waals surface area contributed by atoms with Crippen molar-refractivity contribution < 1.29 is 23.8 Å². The molecule has 6 heteroatoms. The van der Waals surface area contributed by atoms with Gasteiger partial charge in [0.1, 0.15) is 18.1 Å². The molecular formula is C26H27NO5. The van der Waals surface area contributed by atoms with Gasteiger partial charge < -0.3 is 19.5 Å². The lowest BCUT2D eigenvalue weighted by Crippen LogP contribution is -2.34. The topological polar surface area (TPSA) is 73.9 Å². The Morgan fingerprint density at radius 2 is 1.81 bits per heavy atom. The number of ketones is 1. The summed E-state index contributed by atoms with van der Waals surface area (Å²) in [6, 6.07) is 17.1. The van der Waals surface area contributed by atoms with Gasteiger partial charge in [-0.1, -0.05) is 30.3 Å².